The van der Waals surface area contributed by atoms with Crippen LogP contribution in [0.15, 0.2) is 78.7 Å². The van der Waals surface area contributed by atoms with Crippen LogP contribution >= 0.6 is 11.3 Å². The van der Waals surface area contributed by atoms with Crippen LogP contribution in [0.1, 0.15) is 21.8 Å². The van der Waals surface area contributed by atoms with Gasteiger partial charge in [-0.3, -0.25) is 9.78 Å². The molecule has 0 spiro atoms. The van der Waals surface area contributed by atoms with Crippen LogP contribution in [0.25, 0.3) is 28.2 Å². The van der Waals surface area contributed by atoms with Gasteiger partial charge in [-0.15, -0.1) is 11.3 Å². The maximum absolute atomic E-state index is 12.7. The predicted octanol–water partition coefficient (Wildman–Crippen LogP) is 4.28. The lowest BCUT2D eigenvalue weighted by Gasteiger charge is -2.05. The van der Waals surface area contributed by atoms with Gasteiger partial charge in [0.2, 0.25) is 0 Å². The number of pyridine rings is 1. The number of nitrogens with zero attached hydrogens (tertiary/aromatic N) is 5. The molecule has 0 aliphatic rings. The van der Waals surface area contributed by atoms with E-state index in [4.69, 9.17) is 0 Å². The average Bonchev–Trinajstić information content (AvgIpc) is 3.50. The van der Waals surface area contributed by atoms with Gasteiger partial charge in [0.1, 0.15) is 5.56 Å². The van der Waals surface area contributed by atoms with E-state index in [1.807, 2.05) is 48.5 Å². The fourth-order valence-corrected chi connectivity index (χ4v) is 4.35. The van der Waals surface area contributed by atoms with Crippen LogP contribution < -0.4 is 5.32 Å². The van der Waals surface area contributed by atoms with E-state index in [1.54, 1.807) is 40.6 Å². The van der Waals surface area contributed by atoms with Gasteiger partial charge in [-0.25, -0.2) is 14.5 Å². The average molecular weight is 441 g/mol. The fraction of sp³-hybridized carbons (Fsp3) is 0.125. The summed E-state index contributed by atoms with van der Waals surface area (Å²) in [6.45, 7) is 0.554. The SMILES string of the molecule is O=C(NCCCc1nc(-c2ccncc2)cs1)c1cnn2c(-c3ccccc3)ccnc12. The van der Waals surface area contributed by atoms with Gasteiger partial charge in [0.05, 0.1) is 22.6 Å². The standard InChI is InChI=1S/C24H20N6OS/c31-24(27-11-4-7-22-29-20(16-32-22)17-8-12-25-13-9-17)19-15-28-30-21(10-14-26-23(19)30)18-5-2-1-3-6-18/h1-3,5-6,8-10,12-16H,4,7,11H2,(H,27,31). The highest BCUT2D eigenvalue weighted by atomic mass is 32.1. The van der Waals surface area contributed by atoms with E-state index in [0.29, 0.717) is 17.8 Å². The molecule has 4 aromatic heterocycles. The van der Waals surface area contributed by atoms with Crippen molar-refractivity contribution in [2.75, 3.05) is 6.54 Å². The van der Waals surface area contributed by atoms with Crippen LogP contribution in [0.5, 0.6) is 0 Å². The molecule has 1 N–H and O–H groups in total. The summed E-state index contributed by atoms with van der Waals surface area (Å²) in [6, 6.07) is 15.7. The van der Waals surface area contributed by atoms with Crippen LogP contribution in [0.4, 0.5) is 0 Å². The van der Waals surface area contributed by atoms with E-state index in [-0.39, 0.29) is 5.91 Å². The number of carbonyl (C=O) groups is 1. The molecule has 5 rings (SSSR count). The van der Waals surface area contributed by atoms with Crippen molar-refractivity contribution in [3.8, 4) is 22.5 Å². The van der Waals surface area contributed by atoms with E-state index in [1.165, 1.54) is 0 Å². The molecule has 7 nitrogen and oxygen atoms in total. The molecule has 0 unspecified atom stereocenters. The Hall–Kier alpha value is -3.91. The molecule has 1 amide bonds. The summed E-state index contributed by atoms with van der Waals surface area (Å²) < 4.78 is 1.71. The Kier molecular flexibility index (Phi) is 5.67. The smallest absolute Gasteiger partial charge is 0.256 e. The second-order valence-electron chi connectivity index (χ2n) is 7.21. The highest BCUT2D eigenvalue weighted by Crippen LogP contribution is 2.22. The largest absolute Gasteiger partial charge is 0.352 e. The summed E-state index contributed by atoms with van der Waals surface area (Å²) in [7, 11) is 0. The van der Waals surface area contributed by atoms with E-state index in [9.17, 15) is 4.79 Å². The van der Waals surface area contributed by atoms with Crippen molar-refractivity contribution in [1.82, 2.24) is 29.9 Å². The number of hydrogen-bond acceptors (Lipinski definition) is 6. The number of fused-ring (bicyclic) bond motifs is 1. The second-order valence-corrected chi connectivity index (χ2v) is 8.15. The lowest BCUT2D eigenvalue weighted by atomic mass is 10.1. The van der Waals surface area contributed by atoms with Crippen molar-refractivity contribution in [2.24, 2.45) is 0 Å². The number of nitrogens with one attached hydrogen (secondary N) is 1. The maximum atomic E-state index is 12.7. The summed E-state index contributed by atoms with van der Waals surface area (Å²) in [5.74, 6) is -0.172. The number of aryl methyl sites for hydroxylation is 1. The quantitative estimate of drug-likeness (QED) is 0.382. The Balaban J connectivity index is 1.21. The van der Waals surface area contributed by atoms with Crippen LogP contribution in [0, 0.1) is 0 Å². The van der Waals surface area contributed by atoms with Crippen molar-refractivity contribution in [3.63, 3.8) is 0 Å². The van der Waals surface area contributed by atoms with Crippen molar-refractivity contribution in [3.05, 3.63) is 89.3 Å². The highest BCUT2D eigenvalue weighted by molar-refractivity contribution is 7.09. The lowest BCUT2D eigenvalue weighted by molar-refractivity contribution is 0.0954. The first kappa shape index (κ1) is 20.0. The van der Waals surface area contributed by atoms with Gasteiger partial charge in [0.25, 0.3) is 5.91 Å². The van der Waals surface area contributed by atoms with E-state index in [0.717, 1.165) is 40.4 Å². The molecule has 32 heavy (non-hydrogen) atoms. The zero-order chi connectivity index (χ0) is 21.8. The number of hydrogen-bond donors (Lipinski definition) is 1. The molecule has 8 heteroatoms. The Labute approximate surface area is 188 Å². The number of rotatable bonds is 7. The van der Waals surface area contributed by atoms with Crippen molar-refractivity contribution in [1.29, 1.82) is 0 Å². The summed E-state index contributed by atoms with van der Waals surface area (Å²) in [5, 5.41) is 10.5. The molecule has 1 aromatic carbocycles. The molecule has 4 heterocycles. The third-order valence-electron chi connectivity index (χ3n) is 5.10. The molecule has 0 aliphatic carbocycles. The number of aromatic nitrogens is 5. The van der Waals surface area contributed by atoms with E-state index in [2.05, 4.69) is 30.7 Å². The normalized spacial score (nSPS) is 11.0. The third kappa shape index (κ3) is 4.13. The van der Waals surface area contributed by atoms with Gasteiger partial charge in [-0.05, 0) is 24.6 Å². The molecule has 0 saturated carbocycles. The van der Waals surface area contributed by atoms with Crippen molar-refractivity contribution < 1.29 is 4.79 Å². The number of carbonyl (C=O) groups excluding carboxylic acids is 1. The first-order valence-corrected chi connectivity index (χ1v) is 11.2. The molecule has 0 atom stereocenters. The van der Waals surface area contributed by atoms with Gasteiger partial charge in [-0.2, -0.15) is 5.10 Å². The molecule has 0 fully saturated rings. The summed E-state index contributed by atoms with van der Waals surface area (Å²) >= 11 is 1.63. The predicted molar refractivity (Wildman–Crippen MR) is 124 cm³/mol. The molecule has 158 valence electrons. The lowest BCUT2D eigenvalue weighted by Crippen LogP contribution is -2.24. The zero-order valence-electron chi connectivity index (χ0n) is 17.2. The Morgan fingerprint density at radius 2 is 1.84 bits per heavy atom. The Bertz CT molecular complexity index is 1350. The molecule has 0 aliphatic heterocycles. The molecule has 0 radical (unpaired) electrons. The molecule has 0 saturated heterocycles. The van der Waals surface area contributed by atoms with Gasteiger partial charge in [0.15, 0.2) is 5.65 Å². The number of amides is 1. The van der Waals surface area contributed by atoms with Crippen LogP contribution in [0.3, 0.4) is 0 Å². The highest BCUT2D eigenvalue weighted by Gasteiger charge is 2.16. The van der Waals surface area contributed by atoms with Crippen molar-refractivity contribution in [2.45, 2.75) is 12.8 Å². The monoisotopic (exact) mass is 440 g/mol. The summed E-state index contributed by atoms with van der Waals surface area (Å²) in [4.78, 5) is 25.8. The van der Waals surface area contributed by atoms with Crippen LogP contribution in [0.2, 0.25) is 0 Å². The first-order valence-electron chi connectivity index (χ1n) is 10.3. The second kappa shape index (κ2) is 9.07. The minimum absolute atomic E-state index is 0.172. The van der Waals surface area contributed by atoms with Gasteiger partial charge >= 0.3 is 0 Å². The third-order valence-corrected chi connectivity index (χ3v) is 6.00. The minimum Gasteiger partial charge on any atom is -0.352 e. The Morgan fingerprint density at radius 1 is 1.00 bits per heavy atom. The topological polar surface area (TPSA) is 85.1 Å². The van der Waals surface area contributed by atoms with Crippen molar-refractivity contribution >= 4 is 22.9 Å². The van der Waals surface area contributed by atoms with E-state index < -0.39 is 0 Å². The number of benzene rings is 1. The van der Waals surface area contributed by atoms with Crippen LogP contribution in [-0.2, 0) is 6.42 Å². The molecule has 5 aromatic rings. The molecule has 0 bridgehead atoms. The summed E-state index contributed by atoms with van der Waals surface area (Å²) in [5.41, 5.74) is 4.95. The maximum Gasteiger partial charge on any atom is 0.256 e. The first-order chi connectivity index (χ1) is 15.8. The number of thiazole rings is 1. The minimum atomic E-state index is -0.172. The zero-order valence-corrected chi connectivity index (χ0v) is 18.0. The summed E-state index contributed by atoms with van der Waals surface area (Å²) in [6.07, 6.45) is 8.42. The van der Waals surface area contributed by atoms with Gasteiger partial charge in [-0.1, -0.05) is 30.3 Å². The van der Waals surface area contributed by atoms with E-state index >= 15 is 0 Å². The van der Waals surface area contributed by atoms with Crippen LogP contribution in [-0.4, -0.2) is 37.0 Å². The Morgan fingerprint density at radius 3 is 2.69 bits per heavy atom. The van der Waals surface area contributed by atoms with Gasteiger partial charge < -0.3 is 5.32 Å². The molecular formula is C24H20N6OS. The van der Waals surface area contributed by atoms with Gasteiger partial charge in [0, 0.05) is 48.1 Å². The molecular weight excluding hydrogens is 420 g/mol. The fourth-order valence-electron chi connectivity index (χ4n) is 3.50.